The molecule has 0 spiro atoms. The van der Waals surface area contributed by atoms with E-state index in [0.717, 1.165) is 25.0 Å². The van der Waals surface area contributed by atoms with Gasteiger partial charge in [-0.25, -0.2) is 0 Å². The predicted molar refractivity (Wildman–Crippen MR) is 68.9 cm³/mol. The smallest absolute Gasteiger partial charge is 0.0841 e. The summed E-state index contributed by atoms with van der Waals surface area (Å²) in [7, 11) is 0. The summed E-state index contributed by atoms with van der Waals surface area (Å²) < 4.78 is 5.32. The number of aliphatic hydroxyl groups excluding tert-OH is 1. The average Bonchev–Trinajstić information content (AvgIpc) is 2.82. The molecule has 1 aliphatic heterocycles. The first-order chi connectivity index (χ1) is 8.16. The number of benzene rings is 1. The van der Waals surface area contributed by atoms with Gasteiger partial charge in [0.05, 0.1) is 12.7 Å². The zero-order chi connectivity index (χ0) is 12.3. The zero-order valence-electron chi connectivity index (χ0n) is 10.7. The van der Waals surface area contributed by atoms with Gasteiger partial charge in [-0.15, -0.1) is 0 Å². The first-order valence-corrected chi connectivity index (χ1v) is 6.51. The highest BCUT2D eigenvalue weighted by atomic mass is 16.5. The predicted octanol–water partition coefficient (Wildman–Crippen LogP) is 2.96. The summed E-state index contributed by atoms with van der Waals surface area (Å²) in [5, 5.41) is 10.2. The number of hydrogen-bond donors (Lipinski definition) is 1. The van der Waals surface area contributed by atoms with Gasteiger partial charge in [0.2, 0.25) is 0 Å². The Morgan fingerprint density at radius 3 is 2.53 bits per heavy atom. The topological polar surface area (TPSA) is 29.5 Å². The molecule has 2 rings (SSSR count). The van der Waals surface area contributed by atoms with E-state index in [1.54, 1.807) is 0 Å². The van der Waals surface area contributed by atoms with Crippen molar-refractivity contribution in [3.63, 3.8) is 0 Å². The van der Waals surface area contributed by atoms with E-state index < -0.39 is 0 Å². The Hall–Kier alpha value is -0.860. The van der Waals surface area contributed by atoms with Gasteiger partial charge in [-0.1, -0.05) is 38.1 Å². The average molecular weight is 234 g/mol. The third-order valence-electron chi connectivity index (χ3n) is 3.38. The van der Waals surface area contributed by atoms with Crippen LogP contribution in [0.1, 0.15) is 37.5 Å². The molecular formula is C15H22O2. The van der Waals surface area contributed by atoms with E-state index in [4.69, 9.17) is 4.74 Å². The van der Waals surface area contributed by atoms with Crippen LogP contribution in [0.15, 0.2) is 24.3 Å². The summed E-state index contributed by atoms with van der Waals surface area (Å²) in [5.74, 6) is 0.944. The zero-order valence-corrected chi connectivity index (χ0v) is 10.7. The quantitative estimate of drug-likeness (QED) is 0.868. The van der Waals surface area contributed by atoms with E-state index in [-0.39, 0.29) is 12.0 Å². The molecule has 1 N–H and O–H groups in total. The molecule has 1 heterocycles. The van der Waals surface area contributed by atoms with Crippen LogP contribution in [-0.4, -0.2) is 18.3 Å². The molecule has 0 saturated carbocycles. The van der Waals surface area contributed by atoms with Crippen LogP contribution >= 0.6 is 0 Å². The van der Waals surface area contributed by atoms with Crippen LogP contribution in [0.2, 0.25) is 0 Å². The fourth-order valence-electron chi connectivity index (χ4n) is 2.40. The Kier molecular flexibility index (Phi) is 4.19. The van der Waals surface area contributed by atoms with Crippen LogP contribution in [0.5, 0.6) is 0 Å². The Morgan fingerprint density at radius 1 is 1.29 bits per heavy atom. The standard InChI is InChI=1S/C15H22O2/c1-11(2)9-12-3-5-13(6-4-12)15(16)14-7-8-17-10-14/h3-6,11,14-16H,7-10H2,1-2H3. The highest BCUT2D eigenvalue weighted by molar-refractivity contribution is 5.25. The maximum atomic E-state index is 10.2. The van der Waals surface area contributed by atoms with Crippen molar-refractivity contribution in [3.8, 4) is 0 Å². The molecule has 1 aliphatic rings. The molecule has 0 radical (unpaired) electrons. The maximum absolute atomic E-state index is 10.2. The Balaban J connectivity index is 2.01. The van der Waals surface area contributed by atoms with Gasteiger partial charge in [0.15, 0.2) is 0 Å². The second-order valence-corrected chi connectivity index (χ2v) is 5.41. The third kappa shape index (κ3) is 3.30. The molecule has 2 atom stereocenters. The highest BCUT2D eigenvalue weighted by Crippen LogP contribution is 2.28. The first kappa shape index (κ1) is 12.6. The van der Waals surface area contributed by atoms with Gasteiger partial charge in [-0.3, -0.25) is 0 Å². The SMILES string of the molecule is CC(C)Cc1ccc(C(O)C2CCOC2)cc1. The van der Waals surface area contributed by atoms with Crippen LogP contribution in [0.3, 0.4) is 0 Å². The van der Waals surface area contributed by atoms with Crippen LogP contribution in [0, 0.1) is 11.8 Å². The maximum Gasteiger partial charge on any atom is 0.0841 e. The molecule has 1 aromatic rings. The summed E-state index contributed by atoms with van der Waals surface area (Å²) in [5.41, 5.74) is 2.37. The second kappa shape index (κ2) is 5.65. The molecule has 0 aromatic heterocycles. The van der Waals surface area contributed by atoms with E-state index in [1.165, 1.54) is 5.56 Å². The van der Waals surface area contributed by atoms with E-state index in [1.807, 2.05) is 0 Å². The molecule has 1 fully saturated rings. The Morgan fingerprint density at radius 2 is 2.00 bits per heavy atom. The molecule has 2 nitrogen and oxygen atoms in total. The van der Waals surface area contributed by atoms with E-state index in [0.29, 0.717) is 12.5 Å². The lowest BCUT2D eigenvalue weighted by atomic mass is 9.93. The van der Waals surface area contributed by atoms with Gasteiger partial charge >= 0.3 is 0 Å². The van der Waals surface area contributed by atoms with Crippen molar-refractivity contribution in [1.82, 2.24) is 0 Å². The molecular weight excluding hydrogens is 212 g/mol. The fraction of sp³-hybridized carbons (Fsp3) is 0.600. The second-order valence-electron chi connectivity index (χ2n) is 5.41. The molecule has 2 heteroatoms. The molecule has 94 valence electrons. The summed E-state index contributed by atoms with van der Waals surface area (Å²) in [4.78, 5) is 0. The van der Waals surface area contributed by atoms with Crippen LogP contribution in [0.25, 0.3) is 0 Å². The van der Waals surface area contributed by atoms with Crippen molar-refractivity contribution >= 4 is 0 Å². The van der Waals surface area contributed by atoms with Gasteiger partial charge in [0.25, 0.3) is 0 Å². The highest BCUT2D eigenvalue weighted by Gasteiger charge is 2.24. The van der Waals surface area contributed by atoms with Gasteiger partial charge in [0.1, 0.15) is 0 Å². The summed E-state index contributed by atoms with van der Waals surface area (Å²) in [6, 6.07) is 8.38. The number of hydrogen-bond acceptors (Lipinski definition) is 2. The normalized spacial score (nSPS) is 22.0. The van der Waals surface area contributed by atoms with Crippen LogP contribution in [0.4, 0.5) is 0 Å². The van der Waals surface area contributed by atoms with Gasteiger partial charge in [0, 0.05) is 12.5 Å². The van der Waals surface area contributed by atoms with Crippen LogP contribution < -0.4 is 0 Å². The van der Waals surface area contributed by atoms with Crippen molar-refractivity contribution in [2.45, 2.75) is 32.8 Å². The monoisotopic (exact) mass is 234 g/mol. The van der Waals surface area contributed by atoms with E-state index in [9.17, 15) is 5.11 Å². The molecule has 0 aliphatic carbocycles. The first-order valence-electron chi connectivity index (χ1n) is 6.51. The molecule has 1 saturated heterocycles. The fourth-order valence-corrected chi connectivity index (χ4v) is 2.40. The van der Waals surface area contributed by atoms with Gasteiger partial charge in [-0.2, -0.15) is 0 Å². The van der Waals surface area contributed by atoms with Crippen molar-refractivity contribution in [3.05, 3.63) is 35.4 Å². The minimum Gasteiger partial charge on any atom is -0.388 e. The third-order valence-corrected chi connectivity index (χ3v) is 3.38. The Labute approximate surface area is 104 Å². The largest absolute Gasteiger partial charge is 0.388 e. The minimum atomic E-state index is -0.370. The van der Waals surface area contributed by atoms with Crippen molar-refractivity contribution < 1.29 is 9.84 Å². The Bertz CT molecular complexity index is 336. The minimum absolute atomic E-state index is 0.269. The summed E-state index contributed by atoms with van der Waals surface area (Å²) in [6.45, 7) is 5.92. The number of ether oxygens (including phenoxy) is 1. The number of aliphatic hydroxyl groups is 1. The molecule has 17 heavy (non-hydrogen) atoms. The van der Waals surface area contributed by atoms with Gasteiger partial charge in [-0.05, 0) is 29.9 Å². The lowest BCUT2D eigenvalue weighted by Crippen LogP contribution is -2.12. The summed E-state index contributed by atoms with van der Waals surface area (Å²) in [6.07, 6.45) is 1.70. The molecule has 0 amide bonds. The lowest BCUT2D eigenvalue weighted by molar-refractivity contribution is 0.0918. The van der Waals surface area contributed by atoms with Crippen molar-refractivity contribution in [1.29, 1.82) is 0 Å². The molecule has 0 bridgehead atoms. The molecule has 1 aromatic carbocycles. The van der Waals surface area contributed by atoms with Crippen molar-refractivity contribution in [2.24, 2.45) is 11.8 Å². The van der Waals surface area contributed by atoms with Gasteiger partial charge < -0.3 is 9.84 Å². The lowest BCUT2D eigenvalue weighted by Gasteiger charge is -2.17. The number of rotatable bonds is 4. The summed E-state index contributed by atoms with van der Waals surface area (Å²) >= 11 is 0. The van der Waals surface area contributed by atoms with Crippen molar-refractivity contribution in [2.75, 3.05) is 13.2 Å². The van der Waals surface area contributed by atoms with E-state index in [2.05, 4.69) is 38.1 Å². The van der Waals surface area contributed by atoms with Crippen LogP contribution in [-0.2, 0) is 11.2 Å². The van der Waals surface area contributed by atoms with E-state index >= 15 is 0 Å². The molecule has 2 unspecified atom stereocenters.